The van der Waals surface area contributed by atoms with E-state index in [1.165, 1.54) is 0 Å². The maximum absolute atomic E-state index is 12.9. The Bertz CT molecular complexity index is 1110. The molecule has 2 N–H and O–H groups in total. The van der Waals surface area contributed by atoms with Crippen LogP contribution in [0.3, 0.4) is 0 Å². The topological polar surface area (TPSA) is 88.8 Å². The molecule has 1 unspecified atom stereocenters. The van der Waals surface area contributed by atoms with E-state index in [2.05, 4.69) is 40.0 Å². The number of hydrogen-bond acceptors (Lipinski definition) is 9. The van der Waals surface area contributed by atoms with E-state index in [-0.39, 0.29) is 17.2 Å². The second kappa shape index (κ2) is 9.83. The first-order valence-corrected chi connectivity index (χ1v) is 11.6. The van der Waals surface area contributed by atoms with Gasteiger partial charge in [0.25, 0.3) is 5.56 Å². The van der Waals surface area contributed by atoms with Gasteiger partial charge in [0, 0.05) is 57.5 Å². The fourth-order valence-corrected chi connectivity index (χ4v) is 5.08. The molecule has 4 rings (SSSR count). The van der Waals surface area contributed by atoms with Crippen LogP contribution in [0.2, 0.25) is 0 Å². The molecule has 1 aromatic carbocycles. The van der Waals surface area contributed by atoms with Gasteiger partial charge in [0.15, 0.2) is 0 Å². The standard InChI is InChI=1S/C22H29N7O2S/c1-16-13-27(14-17-15-29(25-24-17)32-11-10-31-3)8-9-28(16)21-18-6-4-5-7-20(18)26(2)22(30)19(21)12-23/h4-7,15-16,24-25H,8-11,13-14H2,1-3H3. The molecule has 3 heterocycles. The fourth-order valence-electron chi connectivity index (χ4n) is 4.33. The van der Waals surface area contributed by atoms with Crippen LogP contribution in [0, 0.1) is 11.3 Å². The zero-order chi connectivity index (χ0) is 22.7. The van der Waals surface area contributed by atoms with Gasteiger partial charge in [-0.3, -0.25) is 9.69 Å². The highest BCUT2D eigenvalue weighted by Crippen LogP contribution is 2.31. The van der Waals surface area contributed by atoms with Gasteiger partial charge < -0.3 is 19.6 Å². The largest absolute Gasteiger partial charge is 0.384 e. The maximum atomic E-state index is 12.9. The van der Waals surface area contributed by atoms with Crippen LogP contribution in [0.5, 0.6) is 0 Å². The minimum absolute atomic E-state index is 0.161. The molecule has 1 saturated heterocycles. The number of benzene rings is 1. The van der Waals surface area contributed by atoms with E-state index in [0.29, 0.717) is 6.61 Å². The number of ether oxygens (including phenoxy) is 1. The molecule has 1 fully saturated rings. The van der Waals surface area contributed by atoms with Gasteiger partial charge in [-0.15, -0.1) is 5.53 Å². The van der Waals surface area contributed by atoms with Crippen LogP contribution in [-0.2, 0) is 11.8 Å². The Kier molecular flexibility index (Phi) is 6.91. The third-order valence-electron chi connectivity index (χ3n) is 5.90. The molecule has 32 heavy (non-hydrogen) atoms. The van der Waals surface area contributed by atoms with Gasteiger partial charge in [-0.2, -0.15) is 5.26 Å². The van der Waals surface area contributed by atoms with Gasteiger partial charge >= 0.3 is 0 Å². The van der Waals surface area contributed by atoms with Crippen molar-refractivity contribution in [3.63, 3.8) is 0 Å². The number of para-hydroxylation sites is 1. The minimum atomic E-state index is -0.242. The quantitative estimate of drug-likeness (QED) is 0.475. The lowest BCUT2D eigenvalue weighted by atomic mass is 10.0. The van der Waals surface area contributed by atoms with E-state index in [1.807, 2.05) is 28.7 Å². The number of hydrazine groups is 2. The molecule has 2 aliphatic rings. The molecule has 0 amide bonds. The molecule has 9 nitrogen and oxygen atoms in total. The molecule has 2 aliphatic heterocycles. The van der Waals surface area contributed by atoms with Crippen LogP contribution < -0.4 is 21.4 Å². The minimum Gasteiger partial charge on any atom is -0.384 e. The summed E-state index contributed by atoms with van der Waals surface area (Å²) in [4.78, 5) is 17.5. The van der Waals surface area contributed by atoms with Gasteiger partial charge in [-0.05, 0) is 24.9 Å². The van der Waals surface area contributed by atoms with Crippen LogP contribution in [0.15, 0.2) is 41.0 Å². The average Bonchev–Trinajstić information content (AvgIpc) is 3.24. The molecule has 0 radical (unpaired) electrons. The summed E-state index contributed by atoms with van der Waals surface area (Å²) in [7, 11) is 3.43. The zero-order valence-corrected chi connectivity index (χ0v) is 19.5. The van der Waals surface area contributed by atoms with Crippen molar-refractivity contribution in [2.24, 2.45) is 7.05 Å². The van der Waals surface area contributed by atoms with Crippen molar-refractivity contribution in [3.8, 4) is 6.07 Å². The first kappa shape index (κ1) is 22.5. The van der Waals surface area contributed by atoms with E-state index in [9.17, 15) is 10.1 Å². The van der Waals surface area contributed by atoms with Gasteiger partial charge in [-0.1, -0.05) is 18.2 Å². The number of nitrogens with zero attached hydrogens (tertiary/aromatic N) is 5. The summed E-state index contributed by atoms with van der Waals surface area (Å²) >= 11 is 1.65. The fraction of sp³-hybridized carbons (Fsp3) is 0.455. The lowest BCUT2D eigenvalue weighted by molar-refractivity contribution is 0.218. The summed E-state index contributed by atoms with van der Waals surface area (Å²) in [5, 5.41) is 10.8. The molecule has 0 spiro atoms. The Morgan fingerprint density at radius 3 is 2.88 bits per heavy atom. The molecule has 0 aliphatic carbocycles. The van der Waals surface area contributed by atoms with Crippen LogP contribution in [-0.4, -0.2) is 65.6 Å². The van der Waals surface area contributed by atoms with E-state index >= 15 is 0 Å². The highest BCUT2D eigenvalue weighted by atomic mass is 32.2. The first-order valence-electron chi connectivity index (χ1n) is 10.7. The lowest BCUT2D eigenvalue weighted by Gasteiger charge is -2.42. The summed E-state index contributed by atoms with van der Waals surface area (Å²) in [5.41, 5.74) is 9.06. The van der Waals surface area contributed by atoms with Crippen LogP contribution in [0.25, 0.3) is 10.9 Å². The molecular weight excluding hydrogens is 426 g/mol. The van der Waals surface area contributed by atoms with Crippen molar-refractivity contribution in [1.29, 1.82) is 5.26 Å². The summed E-state index contributed by atoms with van der Waals surface area (Å²) in [6.07, 6.45) is 2.07. The van der Waals surface area contributed by atoms with Crippen molar-refractivity contribution in [1.82, 2.24) is 24.8 Å². The number of pyridine rings is 1. The Hall–Kier alpha value is -2.71. The smallest absolute Gasteiger partial charge is 0.270 e. The SMILES string of the molecule is COCCSN1C=C(CN2CCN(c3c(C#N)c(=O)n(C)c4ccccc34)C(C)C2)NN1. The zero-order valence-electron chi connectivity index (χ0n) is 18.7. The number of rotatable bonds is 7. The van der Waals surface area contributed by atoms with E-state index in [0.717, 1.165) is 54.2 Å². The highest BCUT2D eigenvalue weighted by Gasteiger charge is 2.29. The number of methoxy groups -OCH3 is 1. The molecule has 1 atom stereocenters. The number of anilines is 1. The predicted molar refractivity (Wildman–Crippen MR) is 128 cm³/mol. The normalized spacial score (nSPS) is 19.2. The van der Waals surface area contributed by atoms with Gasteiger partial charge in [0.2, 0.25) is 0 Å². The molecule has 0 saturated carbocycles. The third-order valence-corrected chi connectivity index (χ3v) is 6.72. The Balaban J connectivity index is 1.50. The summed E-state index contributed by atoms with van der Waals surface area (Å²) in [6, 6.07) is 10.2. The Labute approximate surface area is 192 Å². The summed E-state index contributed by atoms with van der Waals surface area (Å²) < 4.78 is 8.62. The second-order valence-electron chi connectivity index (χ2n) is 8.04. The second-order valence-corrected chi connectivity index (χ2v) is 9.10. The van der Waals surface area contributed by atoms with E-state index in [4.69, 9.17) is 4.74 Å². The van der Waals surface area contributed by atoms with Gasteiger partial charge in [0.05, 0.1) is 29.7 Å². The lowest BCUT2D eigenvalue weighted by Crippen LogP contribution is -2.53. The number of nitrogens with one attached hydrogen (secondary N) is 2. The maximum Gasteiger partial charge on any atom is 0.270 e. The van der Waals surface area contributed by atoms with Crippen LogP contribution in [0.1, 0.15) is 12.5 Å². The number of aromatic nitrogens is 1. The first-order chi connectivity index (χ1) is 15.5. The molecule has 2 aromatic rings. The van der Waals surface area contributed by atoms with Gasteiger partial charge in [-0.25, -0.2) is 4.41 Å². The molecule has 1 aromatic heterocycles. The number of nitriles is 1. The average molecular weight is 456 g/mol. The summed E-state index contributed by atoms with van der Waals surface area (Å²) in [5.74, 6) is 0.871. The molecular formula is C22H29N7O2S. The summed E-state index contributed by atoms with van der Waals surface area (Å²) in [6.45, 7) is 6.09. The van der Waals surface area contributed by atoms with Crippen molar-refractivity contribution in [2.45, 2.75) is 13.0 Å². The van der Waals surface area contributed by atoms with Crippen LogP contribution in [0.4, 0.5) is 5.69 Å². The van der Waals surface area contributed by atoms with Crippen molar-refractivity contribution < 1.29 is 4.74 Å². The van der Waals surface area contributed by atoms with Crippen LogP contribution >= 0.6 is 11.9 Å². The predicted octanol–water partition coefficient (Wildman–Crippen LogP) is 1.38. The molecule has 10 heteroatoms. The molecule has 170 valence electrons. The monoisotopic (exact) mass is 455 g/mol. The number of hydrogen-bond donors (Lipinski definition) is 2. The Morgan fingerprint density at radius 1 is 1.31 bits per heavy atom. The van der Waals surface area contributed by atoms with Crippen molar-refractivity contribution in [3.05, 3.63) is 52.1 Å². The Morgan fingerprint density at radius 2 is 2.12 bits per heavy atom. The number of fused-ring (bicyclic) bond motifs is 1. The van der Waals surface area contributed by atoms with Gasteiger partial charge in [0.1, 0.15) is 11.6 Å². The van der Waals surface area contributed by atoms with E-state index in [1.54, 1.807) is 30.7 Å². The van der Waals surface area contributed by atoms with Crippen molar-refractivity contribution >= 4 is 28.5 Å². The van der Waals surface area contributed by atoms with E-state index < -0.39 is 0 Å². The van der Waals surface area contributed by atoms with Crippen molar-refractivity contribution in [2.75, 3.05) is 50.5 Å². The number of aryl methyl sites for hydroxylation is 1. The molecule has 0 bridgehead atoms. The number of piperazine rings is 1. The highest BCUT2D eigenvalue weighted by molar-refractivity contribution is 7.97. The third kappa shape index (κ3) is 4.42.